The zero-order valence-corrected chi connectivity index (χ0v) is 13.6. The van der Waals surface area contributed by atoms with E-state index in [-0.39, 0.29) is 11.7 Å². The summed E-state index contributed by atoms with van der Waals surface area (Å²) in [5, 5.41) is 13.2. The highest BCUT2D eigenvalue weighted by Gasteiger charge is 2.34. The van der Waals surface area contributed by atoms with Gasteiger partial charge in [-0.25, -0.2) is 0 Å². The Bertz CT molecular complexity index is 525. The van der Waals surface area contributed by atoms with Crippen LogP contribution in [-0.2, 0) is 0 Å². The predicted octanol–water partition coefficient (Wildman–Crippen LogP) is 2.76. The molecule has 1 aromatic rings. The summed E-state index contributed by atoms with van der Waals surface area (Å²) in [5.41, 5.74) is 0.575. The van der Waals surface area contributed by atoms with Crippen molar-refractivity contribution in [3.8, 4) is 5.75 Å². The number of hydrogen-bond acceptors (Lipinski definition) is 3. The first-order valence-electron chi connectivity index (χ1n) is 7.65. The molecule has 1 unspecified atom stereocenters. The van der Waals surface area contributed by atoms with Crippen LogP contribution in [0.25, 0.3) is 0 Å². The second-order valence-corrected chi connectivity index (χ2v) is 6.92. The topological polar surface area (TPSA) is 52.6 Å². The maximum Gasteiger partial charge on any atom is 0.254 e. The van der Waals surface area contributed by atoms with Gasteiger partial charge in [0.15, 0.2) is 0 Å². The molecule has 0 aromatic heterocycles. The maximum absolute atomic E-state index is 12.7. The Kier molecular flexibility index (Phi) is 4.50. The smallest absolute Gasteiger partial charge is 0.254 e. The molecule has 1 atom stereocenters. The van der Waals surface area contributed by atoms with Crippen LogP contribution in [0.5, 0.6) is 5.75 Å². The molecular weight excluding hydrogens is 332 g/mol. The van der Waals surface area contributed by atoms with Gasteiger partial charge < -0.3 is 15.3 Å². The van der Waals surface area contributed by atoms with E-state index in [1.807, 2.05) is 4.90 Å². The van der Waals surface area contributed by atoms with E-state index in [9.17, 15) is 9.90 Å². The maximum atomic E-state index is 12.7. The van der Waals surface area contributed by atoms with Crippen molar-refractivity contribution < 1.29 is 9.90 Å². The number of carbonyl (C=O) groups is 1. The first-order valence-corrected chi connectivity index (χ1v) is 8.44. The number of hydrogen-bond donors (Lipinski definition) is 2. The van der Waals surface area contributed by atoms with E-state index in [2.05, 4.69) is 21.2 Å². The lowest BCUT2D eigenvalue weighted by Gasteiger charge is -2.30. The number of piperidine rings is 1. The molecule has 1 saturated heterocycles. The largest absolute Gasteiger partial charge is 0.507 e. The fourth-order valence-electron chi connectivity index (χ4n) is 2.95. The van der Waals surface area contributed by atoms with Gasteiger partial charge in [0.1, 0.15) is 5.75 Å². The van der Waals surface area contributed by atoms with Gasteiger partial charge in [0.05, 0.1) is 4.47 Å². The number of nitrogens with zero attached hydrogens (tertiary/aromatic N) is 1. The van der Waals surface area contributed by atoms with Crippen molar-refractivity contribution in [3.63, 3.8) is 0 Å². The van der Waals surface area contributed by atoms with E-state index in [1.165, 1.54) is 12.8 Å². The molecule has 1 aliphatic heterocycles. The average Bonchev–Trinajstić information content (AvgIpc) is 3.33. The number of rotatable bonds is 4. The van der Waals surface area contributed by atoms with E-state index >= 15 is 0 Å². The third-order valence-corrected chi connectivity index (χ3v) is 4.97. The number of phenols is 1. The minimum Gasteiger partial charge on any atom is -0.507 e. The monoisotopic (exact) mass is 352 g/mol. The van der Waals surface area contributed by atoms with Gasteiger partial charge in [-0.05, 0) is 78.8 Å². The first-order chi connectivity index (χ1) is 10.1. The lowest BCUT2D eigenvalue weighted by molar-refractivity contribution is 0.0703. The minimum atomic E-state index is 0.0471. The Labute approximate surface area is 133 Å². The molecular formula is C16H21BrN2O2. The lowest BCUT2D eigenvalue weighted by Crippen LogP contribution is -2.42. The highest BCUT2D eigenvalue weighted by Crippen LogP contribution is 2.31. The Balaban J connectivity index is 1.73. The molecule has 3 rings (SSSR count). The quantitative estimate of drug-likeness (QED) is 0.875. The number of benzene rings is 1. The van der Waals surface area contributed by atoms with Crippen LogP contribution in [0.15, 0.2) is 22.7 Å². The van der Waals surface area contributed by atoms with Crippen molar-refractivity contribution in [2.45, 2.75) is 31.7 Å². The average molecular weight is 353 g/mol. The Morgan fingerprint density at radius 2 is 2.19 bits per heavy atom. The zero-order valence-electron chi connectivity index (χ0n) is 12.0. The number of halogens is 1. The number of aromatic hydroxyl groups is 1. The summed E-state index contributed by atoms with van der Waals surface area (Å²) in [6.07, 6.45) is 4.59. The fraction of sp³-hybridized carbons (Fsp3) is 0.562. The third kappa shape index (κ3) is 3.58. The number of phenolic OH excluding ortho intramolecular Hbond substituents is 1. The highest BCUT2D eigenvalue weighted by molar-refractivity contribution is 9.10. The molecule has 2 fully saturated rings. The number of carbonyl (C=O) groups excluding carboxylic acids is 1. The molecule has 1 heterocycles. The summed E-state index contributed by atoms with van der Waals surface area (Å²) in [6.45, 7) is 2.92. The predicted molar refractivity (Wildman–Crippen MR) is 85.5 cm³/mol. The molecule has 0 spiro atoms. The normalized spacial score (nSPS) is 22.0. The van der Waals surface area contributed by atoms with E-state index in [1.54, 1.807) is 18.2 Å². The minimum absolute atomic E-state index is 0.0471. The second kappa shape index (κ2) is 6.36. The van der Waals surface area contributed by atoms with Crippen molar-refractivity contribution in [1.29, 1.82) is 0 Å². The highest BCUT2D eigenvalue weighted by atomic mass is 79.9. The Morgan fingerprint density at radius 3 is 2.81 bits per heavy atom. The number of nitrogens with one attached hydrogen (secondary N) is 1. The van der Waals surface area contributed by atoms with Gasteiger partial charge in [0.25, 0.3) is 5.91 Å². The van der Waals surface area contributed by atoms with Gasteiger partial charge >= 0.3 is 0 Å². The molecule has 1 saturated carbocycles. The molecule has 21 heavy (non-hydrogen) atoms. The van der Waals surface area contributed by atoms with Crippen molar-refractivity contribution in [3.05, 3.63) is 28.2 Å². The van der Waals surface area contributed by atoms with Crippen LogP contribution in [0, 0.1) is 5.92 Å². The van der Waals surface area contributed by atoms with E-state index in [0.717, 1.165) is 32.5 Å². The van der Waals surface area contributed by atoms with E-state index in [4.69, 9.17) is 0 Å². The SMILES string of the molecule is O=C(c1ccc(Br)c(O)c1)N(CC1CCCNC1)C1CC1. The first kappa shape index (κ1) is 14.9. The third-order valence-electron chi connectivity index (χ3n) is 4.30. The van der Waals surface area contributed by atoms with Gasteiger partial charge in [-0.3, -0.25) is 4.79 Å². The fourth-order valence-corrected chi connectivity index (χ4v) is 3.20. The van der Waals surface area contributed by atoms with Crippen LogP contribution in [0.3, 0.4) is 0 Å². The zero-order chi connectivity index (χ0) is 14.8. The van der Waals surface area contributed by atoms with Crippen LogP contribution in [0.2, 0.25) is 0 Å². The second-order valence-electron chi connectivity index (χ2n) is 6.07. The molecule has 1 aliphatic carbocycles. The van der Waals surface area contributed by atoms with Crippen molar-refractivity contribution >= 4 is 21.8 Å². The summed E-state index contributed by atoms with van der Waals surface area (Å²) >= 11 is 3.25. The summed E-state index contributed by atoms with van der Waals surface area (Å²) < 4.78 is 0.619. The Hall–Kier alpha value is -1.07. The molecule has 0 bridgehead atoms. The summed E-state index contributed by atoms with van der Waals surface area (Å²) in [5.74, 6) is 0.717. The van der Waals surface area contributed by atoms with Crippen LogP contribution >= 0.6 is 15.9 Å². The molecule has 1 aromatic carbocycles. The van der Waals surface area contributed by atoms with Crippen LogP contribution in [0.1, 0.15) is 36.0 Å². The molecule has 2 N–H and O–H groups in total. The Morgan fingerprint density at radius 1 is 1.38 bits per heavy atom. The van der Waals surface area contributed by atoms with E-state index in [0.29, 0.717) is 22.0 Å². The van der Waals surface area contributed by atoms with E-state index < -0.39 is 0 Å². The number of amides is 1. The van der Waals surface area contributed by atoms with Gasteiger partial charge in [0, 0.05) is 18.2 Å². The van der Waals surface area contributed by atoms with Gasteiger partial charge in [0.2, 0.25) is 0 Å². The summed E-state index contributed by atoms with van der Waals surface area (Å²) in [6, 6.07) is 5.46. The summed E-state index contributed by atoms with van der Waals surface area (Å²) in [7, 11) is 0. The van der Waals surface area contributed by atoms with Gasteiger partial charge in [-0.15, -0.1) is 0 Å². The van der Waals surface area contributed by atoms with Crippen molar-refractivity contribution in [2.75, 3.05) is 19.6 Å². The lowest BCUT2D eigenvalue weighted by atomic mass is 9.98. The summed E-state index contributed by atoms with van der Waals surface area (Å²) in [4.78, 5) is 14.8. The molecule has 0 radical (unpaired) electrons. The van der Waals surface area contributed by atoms with Gasteiger partial charge in [-0.2, -0.15) is 0 Å². The van der Waals surface area contributed by atoms with Crippen LogP contribution in [0.4, 0.5) is 0 Å². The molecule has 2 aliphatic rings. The molecule has 114 valence electrons. The molecule has 1 amide bonds. The standard InChI is InChI=1S/C16H21BrN2O2/c17-14-6-3-12(8-15(14)20)16(21)19(13-4-5-13)10-11-2-1-7-18-9-11/h3,6,8,11,13,18,20H,1-2,4-5,7,9-10H2. The molecule has 4 nitrogen and oxygen atoms in total. The van der Waals surface area contributed by atoms with Crippen LogP contribution < -0.4 is 5.32 Å². The van der Waals surface area contributed by atoms with Crippen molar-refractivity contribution in [1.82, 2.24) is 10.2 Å². The molecule has 5 heteroatoms. The van der Waals surface area contributed by atoms with Crippen molar-refractivity contribution in [2.24, 2.45) is 5.92 Å². The van der Waals surface area contributed by atoms with Gasteiger partial charge in [-0.1, -0.05) is 0 Å². The van der Waals surface area contributed by atoms with Crippen LogP contribution in [-0.4, -0.2) is 41.6 Å².